The molecule has 0 aromatic carbocycles. The molecule has 2 N–H and O–H groups in total. The molecule has 1 atom stereocenters. The Bertz CT molecular complexity index is 699. The van der Waals surface area contributed by atoms with Crippen LogP contribution < -0.4 is 11.2 Å². The Morgan fingerprint density at radius 1 is 1.50 bits per heavy atom. The van der Waals surface area contributed by atoms with Gasteiger partial charge >= 0.3 is 5.69 Å². The first kappa shape index (κ1) is 13.0. The monoisotopic (exact) mass is 316 g/mol. The fourth-order valence-electron chi connectivity index (χ4n) is 1.76. The van der Waals surface area contributed by atoms with Crippen LogP contribution in [-0.4, -0.2) is 30.8 Å². The van der Waals surface area contributed by atoms with E-state index < -0.39 is 11.2 Å². The molecule has 0 aliphatic carbocycles. The third kappa shape index (κ3) is 2.01. The molecular weight excluding hydrogens is 304 g/mol. The van der Waals surface area contributed by atoms with Crippen molar-refractivity contribution in [2.75, 3.05) is 6.61 Å². The minimum atomic E-state index is -0.515. The number of aromatic amines is 1. The van der Waals surface area contributed by atoms with Crippen LogP contribution in [0.2, 0.25) is 0 Å². The second-order valence-electron chi connectivity index (χ2n) is 4.27. The molecule has 18 heavy (non-hydrogen) atoms. The summed E-state index contributed by atoms with van der Waals surface area (Å²) in [6.07, 6.45) is 0. The van der Waals surface area contributed by atoms with E-state index in [1.807, 2.05) is 0 Å². The first-order valence-corrected chi connectivity index (χ1v) is 6.21. The molecule has 2 aromatic rings. The quantitative estimate of drug-likeness (QED) is 0.768. The zero-order chi connectivity index (χ0) is 13.4. The summed E-state index contributed by atoms with van der Waals surface area (Å²) in [5, 5.41) is 9.05. The summed E-state index contributed by atoms with van der Waals surface area (Å²) in [5.74, 6) is -0.0995. The molecule has 0 amide bonds. The maximum atomic E-state index is 11.8. The van der Waals surface area contributed by atoms with Gasteiger partial charge in [0.25, 0.3) is 5.56 Å². The van der Waals surface area contributed by atoms with Gasteiger partial charge < -0.3 is 9.67 Å². The summed E-state index contributed by atoms with van der Waals surface area (Å²) in [6.45, 7) is 2.06. The van der Waals surface area contributed by atoms with E-state index in [-0.39, 0.29) is 12.5 Å². The minimum absolute atomic E-state index is 0.0406. The van der Waals surface area contributed by atoms with Crippen molar-refractivity contribution in [1.29, 1.82) is 0 Å². The molecule has 0 aliphatic rings. The van der Waals surface area contributed by atoms with Crippen LogP contribution >= 0.6 is 15.9 Å². The first-order valence-electron chi connectivity index (χ1n) is 5.41. The molecule has 8 heteroatoms. The highest BCUT2D eigenvalue weighted by atomic mass is 79.9. The zero-order valence-electron chi connectivity index (χ0n) is 9.97. The molecule has 2 aromatic heterocycles. The number of aromatic nitrogens is 4. The minimum Gasteiger partial charge on any atom is -0.396 e. The summed E-state index contributed by atoms with van der Waals surface area (Å²) in [4.78, 5) is 29.9. The van der Waals surface area contributed by atoms with E-state index in [1.165, 1.54) is 4.57 Å². The Hall–Kier alpha value is -1.41. The SMILES string of the molecule is CC(CO)Cn1c(=O)[nH]c(=O)c2c1nc(Br)n2C. The van der Waals surface area contributed by atoms with E-state index in [0.717, 1.165) is 0 Å². The maximum absolute atomic E-state index is 11.8. The fourth-order valence-corrected chi connectivity index (χ4v) is 2.10. The van der Waals surface area contributed by atoms with Gasteiger partial charge in [-0.25, -0.2) is 9.78 Å². The maximum Gasteiger partial charge on any atom is 0.330 e. The van der Waals surface area contributed by atoms with Crippen molar-refractivity contribution < 1.29 is 5.11 Å². The summed E-state index contributed by atoms with van der Waals surface area (Å²) in [5.41, 5.74) is -0.341. The van der Waals surface area contributed by atoms with Crippen LogP contribution in [0.15, 0.2) is 14.3 Å². The van der Waals surface area contributed by atoms with Gasteiger partial charge in [0.2, 0.25) is 0 Å². The van der Waals surface area contributed by atoms with Gasteiger partial charge in [0.05, 0.1) is 0 Å². The molecule has 1 unspecified atom stereocenters. The van der Waals surface area contributed by atoms with Crippen molar-refractivity contribution in [3.63, 3.8) is 0 Å². The van der Waals surface area contributed by atoms with Crippen molar-refractivity contribution in [1.82, 2.24) is 19.1 Å². The van der Waals surface area contributed by atoms with Gasteiger partial charge in [-0.15, -0.1) is 0 Å². The van der Waals surface area contributed by atoms with Crippen LogP contribution in [0.5, 0.6) is 0 Å². The van der Waals surface area contributed by atoms with E-state index >= 15 is 0 Å². The average molecular weight is 317 g/mol. The van der Waals surface area contributed by atoms with Crippen molar-refractivity contribution in [2.45, 2.75) is 13.5 Å². The number of rotatable bonds is 3. The normalized spacial score (nSPS) is 13.1. The first-order chi connectivity index (χ1) is 8.45. The van der Waals surface area contributed by atoms with Gasteiger partial charge in [-0.1, -0.05) is 6.92 Å². The van der Waals surface area contributed by atoms with Crippen molar-refractivity contribution >= 4 is 27.1 Å². The van der Waals surface area contributed by atoms with Crippen LogP contribution in [0.25, 0.3) is 11.2 Å². The van der Waals surface area contributed by atoms with Gasteiger partial charge in [0.1, 0.15) is 0 Å². The highest BCUT2D eigenvalue weighted by Crippen LogP contribution is 2.14. The number of nitrogens with one attached hydrogen (secondary N) is 1. The zero-order valence-corrected chi connectivity index (χ0v) is 11.6. The summed E-state index contributed by atoms with van der Waals surface area (Å²) in [6, 6.07) is 0. The molecule has 7 nitrogen and oxygen atoms in total. The number of imidazole rings is 1. The molecular formula is C10H13BrN4O3. The largest absolute Gasteiger partial charge is 0.396 e. The lowest BCUT2D eigenvalue weighted by atomic mass is 10.2. The smallest absolute Gasteiger partial charge is 0.330 e. The van der Waals surface area contributed by atoms with E-state index in [4.69, 9.17) is 5.11 Å². The van der Waals surface area contributed by atoms with Gasteiger partial charge in [-0.05, 0) is 21.8 Å². The Morgan fingerprint density at radius 3 is 2.78 bits per heavy atom. The van der Waals surface area contributed by atoms with Crippen LogP contribution in [-0.2, 0) is 13.6 Å². The average Bonchev–Trinajstić information content (AvgIpc) is 2.61. The van der Waals surface area contributed by atoms with Gasteiger partial charge in [0.15, 0.2) is 15.9 Å². The Morgan fingerprint density at radius 2 is 2.17 bits per heavy atom. The lowest BCUT2D eigenvalue weighted by Crippen LogP contribution is -2.32. The van der Waals surface area contributed by atoms with E-state index in [2.05, 4.69) is 25.9 Å². The number of hydrogen-bond acceptors (Lipinski definition) is 4. The number of hydrogen-bond donors (Lipinski definition) is 2. The van der Waals surface area contributed by atoms with Crippen LogP contribution in [0.4, 0.5) is 0 Å². The van der Waals surface area contributed by atoms with E-state index in [0.29, 0.717) is 22.4 Å². The molecule has 2 rings (SSSR count). The molecule has 0 spiro atoms. The summed E-state index contributed by atoms with van der Waals surface area (Å²) < 4.78 is 3.40. The summed E-state index contributed by atoms with van der Waals surface area (Å²) >= 11 is 3.22. The third-order valence-corrected chi connectivity index (χ3v) is 3.47. The van der Waals surface area contributed by atoms with Gasteiger partial charge in [0, 0.05) is 20.2 Å². The number of halogens is 1. The standard InChI is InChI=1S/C10H13BrN4O3/c1-5(4-16)3-15-7-6(8(17)13-10(15)18)14(2)9(11)12-7/h5,16H,3-4H2,1-2H3,(H,13,17,18). The lowest BCUT2D eigenvalue weighted by Gasteiger charge is -2.10. The number of fused-ring (bicyclic) bond motifs is 1. The highest BCUT2D eigenvalue weighted by Gasteiger charge is 2.16. The van der Waals surface area contributed by atoms with Gasteiger partial charge in [-0.2, -0.15) is 0 Å². The lowest BCUT2D eigenvalue weighted by molar-refractivity contribution is 0.222. The molecule has 0 saturated heterocycles. The molecule has 0 radical (unpaired) electrons. The highest BCUT2D eigenvalue weighted by molar-refractivity contribution is 9.10. The van der Waals surface area contributed by atoms with Crippen molar-refractivity contribution in [3.05, 3.63) is 25.6 Å². The predicted molar refractivity (Wildman–Crippen MR) is 69.5 cm³/mol. The Balaban J connectivity index is 2.77. The van der Waals surface area contributed by atoms with Crippen LogP contribution in [0, 0.1) is 5.92 Å². The van der Waals surface area contributed by atoms with Crippen LogP contribution in [0.3, 0.4) is 0 Å². The van der Waals surface area contributed by atoms with Crippen molar-refractivity contribution in [3.8, 4) is 0 Å². The molecule has 0 aliphatic heterocycles. The number of H-pyrrole nitrogens is 1. The van der Waals surface area contributed by atoms with E-state index in [1.54, 1.807) is 18.5 Å². The van der Waals surface area contributed by atoms with Crippen molar-refractivity contribution in [2.24, 2.45) is 13.0 Å². The van der Waals surface area contributed by atoms with Crippen LogP contribution in [0.1, 0.15) is 6.92 Å². The number of aliphatic hydroxyl groups excluding tert-OH is 1. The molecule has 2 heterocycles. The second-order valence-corrected chi connectivity index (χ2v) is 4.98. The van der Waals surface area contributed by atoms with E-state index in [9.17, 15) is 9.59 Å². The fraction of sp³-hybridized carbons (Fsp3) is 0.500. The number of aliphatic hydroxyl groups is 1. The topological polar surface area (TPSA) is 92.9 Å². The Labute approximate surface area is 110 Å². The predicted octanol–water partition coefficient (Wildman–Crippen LogP) is -0.186. The summed E-state index contributed by atoms with van der Waals surface area (Å²) in [7, 11) is 1.68. The molecule has 0 saturated carbocycles. The van der Waals surface area contributed by atoms with Gasteiger partial charge in [-0.3, -0.25) is 14.3 Å². The number of nitrogens with zero attached hydrogens (tertiary/aromatic N) is 3. The second kappa shape index (κ2) is 4.69. The third-order valence-electron chi connectivity index (χ3n) is 2.76. The molecule has 98 valence electrons. The molecule has 0 fully saturated rings. The number of aryl methyl sites for hydroxylation is 1. The molecule has 0 bridgehead atoms. The Kier molecular flexibility index (Phi) is 3.40.